The minimum absolute atomic E-state index is 0.0229. The zero-order valence-electron chi connectivity index (χ0n) is 18.4. The zero-order valence-corrected chi connectivity index (χ0v) is 18.4. The van der Waals surface area contributed by atoms with Gasteiger partial charge in [-0.1, -0.05) is 30.3 Å². The molecule has 0 unspecified atom stereocenters. The summed E-state index contributed by atoms with van der Waals surface area (Å²) in [5.41, 5.74) is 9.00. The summed E-state index contributed by atoms with van der Waals surface area (Å²) in [6.07, 6.45) is 3.03. The molecule has 1 aliphatic heterocycles. The van der Waals surface area contributed by atoms with Gasteiger partial charge in [0.2, 0.25) is 0 Å². The first-order chi connectivity index (χ1) is 15.0. The summed E-state index contributed by atoms with van der Waals surface area (Å²) in [4.78, 5) is 11.6. The van der Waals surface area contributed by atoms with Gasteiger partial charge in [0.05, 0.1) is 33.0 Å². The van der Waals surface area contributed by atoms with E-state index in [-0.39, 0.29) is 5.75 Å². The highest BCUT2D eigenvalue weighted by Gasteiger charge is 2.19. The maximum Gasteiger partial charge on any atom is 0.150 e. The summed E-state index contributed by atoms with van der Waals surface area (Å²) in [5.74, 6) is 0.860. The van der Waals surface area contributed by atoms with Gasteiger partial charge in [-0.25, -0.2) is 0 Å². The lowest BCUT2D eigenvalue weighted by atomic mass is 9.98. The first-order valence-electron chi connectivity index (χ1n) is 10.2. The number of phenolic OH excluding ortho intramolecular Hbond substituents is 1. The fourth-order valence-corrected chi connectivity index (χ4v) is 3.21. The predicted octanol–water partition coefficient (Wildman–Crippen LogP) is 2.61. The lowest BCUT2D eigenvalue weighted by Crippen LogP contribution is -2.30. The average molecular weight is 429 g/mol. The fraction of sp³-hybridized carbons (Fsp3) is 0.375. The van der Waals surface area contributed by atoms with Crippen LogP contribution in [0.3, 0.4) is 0 Å². The number of nitrogens with one attached hydrogen (secondary N) is 1. The minimum atomic E-state index is -0.0229. The monoisotopic (exact) mass is 428 g/mol. The van der Waals surface area contributed by atoms with E-state index in [1.807, 2.05) is 24.3 Å². The van der Waals surface area contributed by atoms with E-state index < -0.39 is 0 Å². The molecule has 0 saturated carbocycles. The molecular formula is C24H32N2O5. The Morgan fingerprint density at radius 3 is 2.35 bits per heavy atom. The summed E-state index contributed by atoms with van der Waals surface area (Å²) in [7, 11) is 3.00. The molecule has 2 aromatic carbocycles. The quantitative estimate of drug-likeness (QED) is 0.460. The number of nitrogens with two attached hydrogens (primary N) is 1. The van der Waals surface area contributed by atoms with E-state index in [1.54, 1.807) is 19.1 Å². The van der Waals surface area contributed by atoms with Gasteiger partial charge in [0.15, 0.2) is 6.29 Å². The Hall–Kier alpha value is -2.87. The van der Waals surface area contributed by atoms with Crippen molar-refractivity contribution in [3.8, 4) is 17.2 Å². The fourth-order valence-electron chi connectivity index (χ4n) is 3.21. The number of aldehydes is 1. The van der Waals surface area contributed by atoms with Crippen LogP contribution in [0.4, 0.5) is 0 Å². The standard InChI is InChI=1S/C20H23NO4.C4H9NO/c1-13-17(24-2)10-18(25-3)19(20(13)23)16(12-22)8-7-14-5-4-6-15(9-14)11-21;1-3-6-4-2-5-1/h4-6,8-10,12,23H,7,11,21H2,1-3H3;5H,1-4H2/b16-8-;. The molecule has 2 aromatic rings. The second-order valence-electron chi connectivity index (χ2n) is 7.00. The molecule has 4 N–H and O–H groups in total. The van der Waals surface area contributed by atoms with Crippen molar-refractivity contribution in [2.24, 2.45) is 5.73 Å². The SMILES string of the molecule is C1COCCN1.COc1cc(OC)c(/C(C=O)=C\Cc2cccc(CN)c2)c(O)c1C. The van der Waals surface area contributed by atoms with Crippen LogP contribution in [0.5, 0.6) is 17.2 Å². The number of carbonyl (C=O) groups is 1. The number of hydrogen-bond acceptors (Lipinski definition) is 7. The molecule has 1 saturated heterocycles. The molecule has 0 spiro atoms. The number of phenols is 1. The molecule has 31 heavy (non-hydrogen) atoms. The van der Waals surface area contributed by atoms with Crippen LogP contribution in [0.2, 0.25) is 0 Å². The number of rotatable bonds is 7. The van der Waals surface area contributed by atoms with Crippen LogP contribution < -0.4 is 20.5 Å². The van der Waals surface area contributed by atoms with Gasteiger partial charge in [0.25, 0.3) is 0 Å². The lowest BCUT2D eigenvalue weighted by Gasteiger charge is -2.15. The summed E-state index contributed by atoms with van der Waals surface area (Å²) in [6, 6.07) is 9.51. The summed E-state index contributed by atoms with van der Waals surface area (Å²) in [6.45, 7) is 6.02. The van der Waals surface area contributed by atoms with E-state index in [0.717, 1.165) is 43.7 Å². The largest absolute Gasteiger partial charge is 0.507 e. The van der Waals surface area contributed by atoms with E-state index in [4.69, 9.17) is 19.9 Å². The van der Waals surface area contributed by atoms with E-state index >= 15 is 0 Å². The Morgan fingerprint density at radius 1 is 1.16 bits per heavy atom. The van der Waals surface area contributed by atoms with Crippen LogP contribution in [-0.2, 0) is 22.5 Å². The van der Waals surface area contributed by atoms with Crippen molar-refractivity contribution in [2.45, 2.75) is 19.9 Å². The Kier molecular flexibility index (Phi) is 10.0. The molecule has 1 aliphatic rings. The summed E-state index contributed by atoms with van der Waals surface area (Å²) < 4.78 is 15.6. The van der Waals surface area contributed by atoms with Gasteiger partial charge in [-0.05, 0) is 24.5 Å². The number of allylic oxidation sites excluding steroid dienone is 2. The van der Waals surface area contributed by atoms with Crippen LogP contribution in [0.15, 0.2) is 36.4 Å². The maximum absolute atomic E-state index is 11.6. The van der Waals surface area contributed by atoms with E-state index in [0.29, 0.717) is 41.2 Å². The van der Waals surface area contributed by atoms with Gasteiger partial charge in [0, 0.05) is 36.8 Å². The number of methoxy groups -OCH3 is 2. The van der Waals surface area contributed by atoms with Gasteiger partial charge in [0.1, 0.15) is 17.2 Å². The molecule has 168 valence electrons. The molecule has 3 rings (SSSR count). The highest BCUT2D eigenvalue weighted by molar-refractivity contribution is 6.09. The Morgan fingerprint density at radius 2 is 1.84 bits per heavy atom. The molecule has 0 atom stereocenters. The maximum atomic E-state index is 11.6. The third-order valence-electron chi connectivity index (χ3n) is 4.96. The summed E-state index contributed by atoms with van der Waals surface area (Å²) in [5, 5.41) is 13.7. The molecule has 0 amide bonds. The van der Waals surface area contributed by atoms with Gasteiger partial charge in [-0.2, -0.15) is 0 Å². The molecule has 1 heterocycles. The zero-order chi connectivity index (χ0) is 22.6. The van der Waals surface area contributed by atoms with Gasteiger partial charge >= 0.3 is 0 Å². The van der Waals surface area contributed by atoms with Gasteiger partial charge < -0.3 is 30.4 Å². The molecule has 1 fully saturated rings. The summed E-state index contributed by atoms with van der Waals surface area (Å²) >= 11 is 0. The molecule has 0 aliphatic carbocycles. The Labute approximate surface area is 183 Å². The van der Waals surface area contributed by atoms with Gasteiger partial charge in [-0.15, -0.1) is 0 Å². The van der Waals surface area contributed by atoms with Crippen molar-refractivity contribution >= 4 is 11.9 Å². The van der Waals surface area contributed by atoms with Crippen molar-refractivity contribution in [3.05, 3.63) is 58.7 Å². The van der Waals surface area contributed by atoms with Crippen molar-refractivity contribution < 1.29 is 24.1 Å². The van der Waals surface area contributed by atoms with Gasteiger partial charge in [-0.3, -0.25) is 4.79 Å². The Balaban J connectivity index is 0.000000488. The van der Waals surface area contributed by atoms with Crippen LogP contribution in [-0.4, -0.2) is 51.9 Å². The molecule has 0 radical (unpaired) electrons. The van der Waals surface area contributed by atoms with E-state index in [1.165, 1.54) is 14.2 Å². The van der Waals surface area contributed by atoms with Crippen LogP contribution in [0.25, 0.3) is 5.57 Å². The number of aromatic hydroxyl groups is 1. The van der Waals surface area contributed by atoms with Crippen molar-refractivity contribution in [2.75, 3.05) is 40.5 Å². The van der Waals surface area contributed by atoms with Crippen molar-refractivity contribution in [1.29, 1.82) is 0 Å². The number of carbonyl (C=O) groups excluding carboxylic acids is 1. The smallest absolute Gasteiger partial charge is 0.150 e. The van der Waals surface area contributed by atoms with E-state index in [9.17, 15) is 9.90 Å². The number of ether oxygens (including phenoxy) is 3. The normalized spacial score (nSPS) is 13.7. The topological polar surface area (TPSA) is 103 Å². The number of benzene rings is 2. The molecule has 7 heteroatoms. The average Bonchev–Trinajstić information content (AvgIpc) is 2.83. The molecule has 7 nitrogen and oxygen atoms in total. The highest BCUT2D eigenvalue weighted by atomic mass is 16.5. The van der Waals surface area contributed by atoms with Crippen LogP contribution in [0.1, 0.15) is 22.3 Å². The van der Waals surface area contributed by atoms with Crippen molar-refractivity contribution in [1.82, 2.24) is 5.32 Å². The molecule has 0 bridgehead atoms. The van der Waals surface area contributed by atoms with Crippen molar-refractivity contribution in [3.63, 3.8) is 0 Å². The third kappa shape index (κ3) is 6.82. The predicted molar refractivity (Wildman–Crippen MR) is 122 cm³/mol. The second kappa shape index (κ2) is 12.7. The van der Waals surface area contributed by atoms with Crippen LogP contribution >= 0.6 is 0 Å². The highest BCUT2D eigenvalue weighted by Crippen LogP contribution is 2.41. The lowest BCUT2D eigenvalue weighted by molar-refractivity contribution is -0.103. The molecular weight excluding hydrogens is 396 g/mol. The van der Waals surface area contributed by atoms with Crippen LogP contribution in [0, 0.1) is 6.92 Å². The van der Waals surface area contributed by atoms with E-state index in [2.05, 4.69) is 5.32 Å². The minimum Gasteiger partial charge on any atom is -0.507 e. The number of hydrogen-bond donors (Lipinski definition) is 3. The third-order valence-corrected chi connectivity index (χ3v) is 4.96. The Bertz CT molecular complexity index is 880. The first kappa shape index (κ1) is 24.4. The number of morpholine rings is 1. The first-order valence-corrected chi connectivity index (χ1v) is 10.2. The molecule has 0 aromatic heterocycles. The second-order valence-corrected chi connectivity index (χ2v) is 7.00.